The number of aromatic nitrogens is 4. The smallest absolute Gasteiger partial charge is 0.282 e. The lowest BCUT2D eigenvalue weighted by atomic mass is 9.77. The molecule has 1 N–H and O–H groups in total. The largest absolute Gasteiger partial charge is 0.336 e. The Labute approximate surface area is 137 Å². The zero-order chi connectivity index (χ0) is 16.9. The fourth-order valence-corrected chi connectivity index (χ4v) is 4.13. The van der Waals surface area contributed by atoms with Gasteiger partial charge in [-0.3, -0.25) is 14.6 Å². The Balaban J connectivity index is 1.60. The minimum absolute atomic E-state index is 0.0795. The predicted octanol–water partition coefficient (Wildman–Crippen LogP) is 2.20. The van der Waals surface area contributed by atoms with Crippen molar-refractivity contribution >= 4 is 5.91 Å². The number of piperidine rings is 1. The van der Waals surface area contributed by atoms with Crippen LogP contribution in [0.2, 0.25) is 0 Å². The third-order valence-corrected chi connectivity index (χ3v) is 5.33. The van der Waals surface area contributed by atoms with Crippen molar-refractivity contribution in [3.8, 4) is 0 Å². The Morgan fingerprint density at radius 1 is 1.42 bits per heavy atom. The highest BCUT2D eigenvalue weighted by Crippen LogP contribution is 2.44. The van der Waals surface area contributed by atoms with Crippen molar-refractivity contribution in [2.45, 2.75) is 37.5 Å². The maximum atomic E-state index is 12.8. The molecule has 0 aromatic carbocycles. The fourth-order valence-electron chi connectivity index (χ4n) is 4.13. The normalized spacial score (nSPS) is 23.2. The number of aryl methyl sites for hydroxylation is 2. The molecule has 1 unspecified atom stereocenters. The van der Waals surface area contributed by atoms with E-state index in [2.05, 4.69) is 15.3 Å². The second-order valence-corrected chi connectivity index (χ2v) is 6.76. The van der Waals surface area contributed by atoms with Gasteiger partial charge < -0.3 is 4.90 Å². The van der Waals surface area contributed by atoms with Crippen LogP contribution in [0.15, 0.2) is 12.3 Å². The van der Waals surface area contributed by atoms with E-state index in [9.17, 15) is 13.6 Å². The molecular weight excluding hydrogens is 316 g/mol. The lowest BCUT2D eigenvalue weighted by molar-refractivity contribution is 0.0622. The van der Waals surface area contributed by atoms with Gasteiger partial charge in [0.25, 0.3) is 12.3 Å². The molecule has 6 nitrogen and oxygen atoms in total. The number of amides is 1. The minimum Gasteiger partial charge on any atom is -0.336 e. The van der Waals surface area contributed by atoms with Gasteiger partial charge in [0.15, 0.2) is 0 Å². The van der Waals surface area contributed by atoms with E-state index < -0.39 is 6.43 Å². The number of halogens is 2. The molecule has 1 aliphatic carbocycles. The summed E-state index contributed by atoms with van der Waals surface area (Å²) in [5.74, 6) is -0.232. The number of hydrogen-bond donors (Lipinski definition) is 1. The Morgan fingerprint density at radius 2 is 2.25 bits per heavy atom. The van der Waals surface area contributed by atoms with Crippen LogP contribution in [-0.2, 0) is 18.9 Å². The van der Waals surface area contributed by atoms with Crippen LogP contribution < -0.4 is 0 Å². The SMILES string of the molecule is Cn1nc(C(F)F)cc1C(=O)N1CCCC2(CCc3cn[nH]c32)C1. The Kier molecular flexibility index (Phi) is 3.43. The maximum Gasteiger partial charge on any atom is 0.282 e. The van der Waals surface area contributed by atoms with Crippen LogP contribution in [0, 0.1) is 0 Å². The first-order valence-electron chi connectivity index (χ1n) is 8.14. The molecule has 1 spiro atoms. The molecule has 4 rings (SSSR count). The number of rotatable bonds is 2. The summed E-state index contributed by atoms with van der Waals surface area (Å²) in [6.45, 7) is 1.23. The van der Waals surface area contributed by atoms with Crippen LogP contribution in [0.5, 0.6) is 0 Å². The maximum absolute atomic E-state index is 12.8. The summed E-state index contributed by atoms with van der Waals surface area (Å²) in [6, 6.07) is 1.20. The molecule has 1 saturated heterocycles. The lowest BCUT2D eigenvalue weighted by Crippen LogP contribution is -2.48. The first-order valence-corrected chi connectivity index (χ1v) is 8.14. The highest BCUT2D eigenvalue weighted by molar-refractivity contribution is 5.93. The van der Waals surface area contributed by atoms with Crippen molar-refractivity contribution in [1.29, 1.82) is 0 Å². The summed E-state index contributed by atoms with van der Waals surface area (Å²) >= 11 is 0. The Bertz CT molecular complexity index is 783. The van der Waals surface area contributed by atoms with Gasteiger partial charge in [0, 0.05) is 31.2 Å². The second kappa shape index (κ2) is 5.39. The van der Waals surface area contributed by atoms with Crippen molar-refractivity contribution in [3.05, 3.63) is 34.9 Å². The second-order valence-electron chi connectivity index (χ2n) is 6.76. The molecule has 2 aromatic heterocycles. The monoisotopic (exact) mass is 335 g/mol. The van der Waals surface area contributed by atoms with E-state index in [4.69, 9.17) is 0 Å². The Hall–Kier alpha value is -2.25. The van der Waals surface area contributed by atoms with Crippen LogP contribution in [-0.4, -0.2) is 43.9 Å². The number of nitrogens with zero attached hydrogens (tertiary/aromatic N) is 4. The molecule has 128 valence electrons. The van der Waals surface area contributed by atoms with Gasteiger partial charge in [0.05, 0.1) is 6.20 Å². The van der Waals surface area contributed by atoms with Gasteiger partial charge in [-0.2, -0.15) is 10.2 Å². The molecule has 1 fully saturated rings. The summed E-state index contributed by atoms with van der Waals surface area (Å²) in [7, 11) is 1.53. The van der Waals surface area contributed by atoms with E-state index in [0.717, 1.165) is 31.4 Å². The van der Waals surface area contributed by atoms with Crippen LogP contribution in [0.25, 0.3) is 0 Å². The highest BCUT2D eigenvalue weighted by atomic mass is 19.3. The molecule has 8 heteroatoms. The summed E-state index contributed by atoms with van der Waals surface area (Å²) in [5, 5.41) is 11.0. The first kappa shape index (κ1) is 15.3. The molecule has 2 aromatic rings. The number of alkyl halides is 2. The van der Waals surface area contributed by atoms with Crippen LogP contribution in [0.3, 0.4) is 0 Å². The number of hydrogen-bond acceptors (Lipinski definition) is 3. The zero-order valence-corrected chi connectivity index (χ0v) is 13.4. The van der Waals surface area contributed by atoms with Crippen molar-refractivity contribution in [2.75, 3.05) is 13.1 Å². The van der Waals surface area contributed by atoms with Crippen LogP contribution in [0.4, 0.5) is 8.78 Å². The van der Waals surface area contributed by atoms with Gasteiger partial charge >= 0.3 is 0 Å². The summed E-state index contributed by atoms with van der Waals surface area (Å²) in [5.41, 5.74) is 2.14. The molecule has 2 aliphatic rings. The molecule has 24 heavy (non-hydrogen) atoms. The molecule has 1 atom stereocenters. The van der Waals surface area contributed by atoms with E-state index in [1.165, 1.54) is 23.4 Å². The Morgan fingerprint density at radius 3 is 3.00 bits per heavy atom. The molecule has 0 saturated carbocycles. The van der Waals surface area contributed by atoms with Crippen LogP contribution in [0.1, 0.15) is 53.1 Å². The molecule has 1 amide bonds. The van der Waals surface area contributed by atoms with Crippen molar-refractivity contribution in [1.82, 2.24) is 24.9 Å². The minimum atomic E-state index is -2.67. The zero-order valence-electron chi connectivity index (χ0n) is 13.4. The number of fused-ring (bicyclic) bond motifs is 2. The van der Waals surface area contributed by atoms with E-state index >= 15 is 0 Å². The van der Waals surface area contributed by atoms with E-state index in [1.807, 2.05) is 6.20 Å². The average molecular weight is 335 g/mol. The molecule has 0 radical (unpaired) electrons. The number of aromatic amines is 1. The number of H-pyrrole nitrogens is 1. The summed E-state index contributed by atoms with van der Waals surface area (Å²) < 4.78 is 26.9. The van der Waals surface area contributed by atoms with E-state index in [0.29, 0.717) is 13.1 Å². The number of carbonyl (C=O) groups is 1. The molecule has 0 bridgehead atoms. The predicted molar refractivity (Wildman–Crippen MR) is 81.9 cm³/mol. The quantitative estimate of drug-likeness (QED) is 0.915. The number of carbonyl (C=O) groups excluding carboxylic acids is 1. The fraction of sp³-hybridized carbons (Fsp3) is 0.562. The van der Waals surface area contributed by atoms with E-state index in [-0.39, 0.29) is 22.7 Å². The topological polar surface area (TPSA) is 66.8 Å². The molecule has 3 heterocycles. The molecule has 1 aliphatic heterocycles. The van der Waals surface area contributed by atoms with Gasteiger partial charge in [-0.05, 0) is 37.3 Å². The average Bonchev–Trinajstić information content (AvgIpc) is 3.25. The highest BCUT2D eigenvalue weighted by Gasteiger charge is 2.44. The number of likely N-dealkylation sites (tertiary alicyclic amines) is 1. The van der Waals surface area contributed by atoms with Crippen molar-refractivity contribution in [2.24, 2.45) is 7.05 Å². The number of nitrogens with one attached hydrogen (secondary N) is 1. The third-order valence-electron chi connectivity index (χ3n) is 5.33. The van der Waals surface area contributed by atoms with Gasteiger partial charge in [-0.25, -0.2) is 8.78 Å². The standard InChI is InChI=1S/C16H19F2N5O/c1-22-12(7-11(21-22)14(17)18)15(24)23-6-2-4-16(9-23)5-3-10-8-19-20-13(10)16/h7-8,14H,2-6,9H2,1H3,(H,19,20). The summed E-state index contributed by atoms with van der Waals surface area (Å²) in [6.07, 6.45) is 3.06. The van der Waals surface area contributed by atoms with Gasteiger partial charge in [0.1, 0.15) is 11.4 Å². The third kappa shape index (κ3) is 2.23. The van der Waals surface area contributed by atoms with E-state index in [1.54, 1.807) is 4.90 Å². The van der Waals surface area contributed by atoms with Gasteiger partial charge in [0.2, 0.25) is 0 Å². The van der Waals surface area contributed by atoms with Gasteiger partial charge in [-0.15, -0.1) is 0 Å². The molecular formula is C16H19F2N5O. The van der Waals surface area contributed by atoms with Gasteiger partial charge in [-0.1, -0.05) is 0 Å². The van der Waals surface area contributed by atoms with Crippen molar-refractivity contribution < 1.29 is 13.6 Å². The van der Waals surface area contributed by atoms with Crippen LogP contribution >= 0.6 is 0 Å². The first-order chi connectivity index (χ1) is 11.5. The summed E-state index contributed by atoms with van der Waals surface area (Å²) in [4.78, 5) is 14.6. The lowest BCUT2D eigenvalue weighted by Gasteiger charge is -2.40. The van der Waals surface area contributed by atoms with Crippen molar-refractivity contribution in [3.63, 3.8) is 0 Å².